The van der Waals surface area contributed by atoms with Crippen LogP contribution in [0.2, 0.25) is 0 Å². The van der Waals surface area contributed by atoms with Crippen LogP contribution in [0.25, 0.3) is 46.6 Å². The van der Waals surface area contributed by atoms with Gasteiger partial charge in [-0.25, -0.2) is 15.0 Å². The van der Waals surface area contributed by atoms with Crippen LogP contribution in [0.15, 0.2) is 49.3 Å². The van der Waals surface area contributed by atoms with E-state index in [1.54, 1.807) is 12.5 Å². The van der Waals surface area contributed by atoms with Crippen molar-refractivity contribution >= 4 is 29.3 Å². The number of nitrogens with one attached hydrogen (secondary N) is 2. The summed E-state index contributed by atoms with van der Waals surface area (Å²) in [5, 5.41) is 9.10. The Labute approximate surface area is 190 Å². The number of imidazole rings is 2. The highest BCUT2D eigenvalue weighted by atomic mass is 15.1. The molecule has 0 saturated carbocycles. The second-order valence-corrected chi connectivity index (χ2v) is 7.83. The van der Waals surface area contributed by atoms with Crippen molar-refractivity contribution in [3.63, 3.8) is 0 Å². The van der Waals surface area contributed by atoms with Crippen LogP contribution in [0, 0.1) is 6.92 Å². The Bertz CT molecular complexity index is 1600. The third kappa shape index (κ3) is 3.76. The van der Waals surface area contributed by atoms with E-state index in [2.05, 4.69) is 61.9 Å². The maximum absolute atomic E-state index is 4.85. The fourth-order valence-electron chi connectivity index (χ4n) is 3.81. The van der Waals surface area contributed by atoms with Gasteiger partial charge in [0.2, 0.25) is 0 Å². The van der Waals surface area contributed by atoms with Gasteiger partial charge < -0.3 is 4.98 Å². The quantitative estimate of drug-likeness (QED) is 0.441. The molecule has 0 radical (unpaired) electrons. The Balaban J connectivity index is 1.64. The van der Waals surface area contributed by atoms with Crippen LogP contribution in [0.3, 0.4) is 0 Å². The van der Waals surface area contributed by atoms with E-state index in [9.17, 15) is 0 Å². The van der Waals surface area contributed by atoms with E-state index < -0.39 is 0 Å². The number of hydrogen-bond acceptors (Lipinski definition) is 5. The van der Waals surface area contributed by atoms with Gasteiger partial charge in [0.05, 0.1) is 16.6 Å². The molecule has 0 unspecified atom stereocenters. The van der Waals surface area contributed by atoms with Crippen molar-refractivity contribution in [1.82, 2.24) is 39.7 Å². The molecular weight excluding hydrogens is 412 g/mol. The number of aromatic nitrogens is 8. The van der Waals surface area contributed by atoms with Crippen molar-refractivity contribution in [1.29, 1.82) is 0 Å². The average Bonchev–Trinajstić information content (AvgIpc) is 3.55. The summed E-state index contributed by atoms with van der Waals surface area (Å²) in [6.07, 6.45) is 14.3. The van der Waals surface area contributed by atoms with Crippen LogP contribution in [-0.4, -0.2) is 39.7 Å². The summed E-state index contributed by atoms with van der Waals surface area (Å²) < 4.78 is 1.87. The van der Waals surface area contributed by atoms with E-state index in [1.165, 1.54) is 5.56 Å². The standard InChI is InChI=1S/C25H24N8/c1-5-17-9-19(12-26-11-17)18(6-2)10-20-16(4)31-32-22(20)24-29-21-7-8-27-25(23(21)30-24)33-13-15(3)28-14-33/h6-14,31H,4-5H2,1-3H3,(H,29,30)/b18-6+,20-10+. The molecule has 0 amide bonds. The average molecular weight is 437 g/mol. The molecule has 0 spiro atoms. The third-order valence-corrected chi connectivity index (χ3v) is 5.59. The summed E-state index contributed by atoms with van der Waals surface area (Å²) in [5.74, 6) is 1.35. The van der Waals surface area contributed by atoms with Crippen molar-refractivity contribution in [2.75, 3.05) is 0 Å². The molecule has 0 aliphatic heterocycles. The molecule has 5 heterocycles. The van der Waals surface area contributed by atoms with Gasteiger partial charge in [0.1, 0.15) is 17.5 Å². The van der Waals surface area contributed by atoms with Crippen molar-refractivity contribution in [2.24, 2.45) is 0 Å². The topological polar surface area (TPSA) is 101 Å². The number of nitrogens with zero attached hydrogens (tertiary/aromatic N) is 6. The molecule has 5 rings (SSSR count). The minimum Gasteiger partial charge on any atom is -0.336 e. The second kappa shape index (κ2) is 8.31. The molecule has 164 valence electrons. The fraction of sp³-hybridized carbons (Fsp3) is 0.160. The first kappa shape index (κ1) is 20.6. The van der Waals surface area contributed by atoms with E-state index >= 15 is 0 Å². The maximum Gasteiger partial charge on any atom is 0.166 e. The summed E-state index contributed by atoms with van der Waals surface area (Å²) in [5.41, 5.74) is 6.50. The molecule has 2 N–H and O–H groups in total. The molecule has 5 aromatic rings. The van der Waals surface area contributed by atoms with Gasteiger partial charge in [0.25, 0.3) is 0 Å². The molecule has 0 aliphatic carbocycles. The molecule has 5 aromatic heterocycles. The number of allylic oxidation sites excluding steroid dienone is 2. The molecule has 0 bridgehead atoms. The second-order valence-electron chi connectivity index (χ2n) is 7.83. The van der Waals surface area contributed by atoms with E-state index in [0.29, 0.717) is 22.7 Å². The Morgan fingerprint density at radius 1 is 1.24 bits per heavy atom. The molecule has 0 saturated heterocycles. The molecular formula is C25H24N8. The molecule has 0 fully saturated rings. The number of hydrogen-bond donors (Lipinski definition) is 2. The molecule has 8 nitrogen and oxygen atoms in total. The predicted molar refractivity (Wildman–Crippen MR) is 130 cm³/mol. The minimum absolute atomic E-state index is 0.643. The number of aromatic amines is 2. The van der Waals surface area contributed by atoms with Crippen LogP contribution in [0.4, 0.5) is 0 Å². The van der Waals surface area contributed by atoms with Gasteiger partial charge in [-0.15, -0.1) is 0 Å². The lowest BCUT2D eigenvalue weighted by Gasteiger charge is -2.04. The van der Waals surface area contributed by atoms with Crippen LogP contribution < -0.4 is 10.6 Å². The number of aryl methyl sites for hydroxylation is 2. The Kier molecular flexibility index (Phi) is 5.18. The van der Waals surface area contributed by atoms with Gasteiger partial charge in [-0.1, -0.05) is 19.6 Å². The van der Waals surface area contributed by atoms with E-state index in [-0.39, 0.29) is 0 Å². The van der Waals surface area contributed by atoms with Gasteiger partial charge in [0.15, 0.2) is 11.6 Å². The predicted octanol–water partition coefficient (Wildman–Crippen LogP) is 3.09. The number of H-pyrrole nitrogens is 2. The van der Waals surface area contributed by atoms with Crippen LogP contribution in [0.5, 0.6) is 0 Å². The largest absolute Gasteiger partial charge is 0.336 e. The Hall–Kier alpha value is -4.33. The lowest BCUT2D eigenvalue weighted by atomic mass is 10.0. The molecule has 0 atom stereocenters. The van der Waals surface area contributed by atoms with Gasteiger partial charge in [-0.3, -0.25) is 14.6 Å². The molecule has 8 heteroatoms. The van der Waals surface area contributed by atoms with Crippen molar-refractivity contribution < 1.29 is 0 Å². The van der Waals surface area contributed by atoms with Gasteiger partial charge in [-0.2, -0.15) is 5.10 Å². The van der Waals surface area contributed by atoms with Crippen molar-refractivity contribution in [3.05, 3.63) is 76.7 Å². The number of fused-ring (bicyclic) bond motifs is 1. The highest BCUT2D eigenvalue weighted by Crippen LogP contribution is 2.22. The molecule has 33 heavy (non-hydrogen) atoms. The summed E-state index contributed by atoms with van der Waals surface area (Å²) in [6.45, 7) is 10.2. The Morgan fingerprint density at radius 2 is 2.12 bits per heavy atom. The third-order valence-electron chi connectivity index (χ3n) is 5.59. The highest BCUT2D eigenvalue weighted by molar-refractivity contribution is 5.90. The summed E-state index contributed by atoms with van der Waals surface area (Å²) in [4.78, 5) is 21.5. The molecule has 0 aromatic carbocycles. The van der Waals surface area contributed by atoms with Gasteiger partial charge in [-0.05, 0) is 55.2 Å². The minimum atomic E-state index is 0.643. The SMILES string of the molecule is C=c1[nH]nc(-c2nc3c(-n4cnc(C)c4)nccc3[nH]2)/c1=C/C(=C\C)c1cncc(CC)c1. The van der Waals surface area contributed by atoms with Crippen molar-refractivity contribution in [3.8, 4) is 17.3 Å². The lowest BCUT2D eigenvalue weighted by molar-refractivity contribution is 1.00. The van der Waals surface area contributed by atoms with Gasteiger partial charge in [0, 0.05) is 30.0 Å². The molecule has 0 aliphatic rings. The fourth-order valence-corrected chi connectivity index (χ4v) is 3.81. The summed E-state index contributed by atoms with van der Waals surface area (Å²) in [6, 6.07) is 4.06. The van der Waals surface area contributed by atoms with Crippen LogP contribution in [-0.2, 0) is 6.42 Å². The van der Waals surface area contributed by atoms with E-state index in [1.807, 2.05) is 43.1 Å². The zero-order chi connectivity index (χ0) is 22.9. The normalized spacial score (nSPS) is 12.7. The first-order chi connectivity index (χ1) is 16.1. The first-order valence-electron chi connectivity index (χ1n) is 10.8. The monoisotopic (exact) mass is 436 g/mol. The number of rotatable bonds is 5. The van der Waals surface area contributed by atoms with E-state index in [4.69, 9.17) is 4.98 Å². The van der Waals surface area contributed by atoms with Gasteiger partial charge >= 0.3 is 0 Å². The maximum atomic E-state index is 4.85. The summed E-state index contributed by atoms with van der Waals surface area (Å²) in [7, 11) is 0. The highest BCUT2D eigenvalue weighted by Gasteiger charge is 2.15. The number of pyridine rings is 2. The lowest BCUT2D eigenvalue weighted by Crippen LogP contribution is -2.22. The summed E-state index contributed by atoms with van der Waals surface area (Å²) >= 11 is 0. The van der Waals surface area contributed by atoms with Crippen LogP contribution in [0.1, 0.15) is 30.7 Å². The van der Waals surface area contributed by atoms with Crippen LogP contribution >= 0.6 is 0 Å². The van der Waals surface area contributed by atoms with E-state index in [0.717, 1.165) is 39.5 Å². The zero-order valence-corrected chi connectivity index (χ0v) is 18.8. The first-order valence-corrected chi connectivity index (χ1v) is 10.8. The zero-order valence-electron chi connectivity index (χ0n) is 18.8. The van der Waals surface area contributed by atoms with Crippen molar-refractivity contribution in [2.45, 2.75) is 27.2 Å². The Morgan fingerprint density at radius 3 is 2.88 bits per heavy atom. The smallest absolute Gasteiger partial charge is 0.166 e.